The number of hydrogen-bond acceptors (Lipinski definition) is 5. The third kappa shape index (κ3) is 8.05. The number of nitrogens with one attached hydrogen (secondary N) is 2. The van der Waals surface area contributed by atoms with Gasteiger partial charge in [0.25, 0.3) is 0 Å². The lowest BCUT2D eigenvalue weighted by Crippen LogP contribution is -2.46. The van der Waals surface area contributed by atoms with E-state index in [-0.39, 0.29) is 37.4 Å². The molecule has 1 atom stereocenters. The zero-order valence-electron chi connectivity index (χ0n) is 20.6. The molecule has 1 saturated heterocycles. The van der Waals surface area contributed by atoms with E-state index in [4.69, 9.17) is 9.47 Å². The van der Waals surface area contributed by atoms with E-state index in [9.17, 15) is 13.2 Å². The van der Waals surface area contributed by atoms with E-state index in [0.717, 1.165) is 44.6 Å². The maximum absolute atomic E-state index is 13.3. The maximum atomic E-state index is 13.3. The minimum atomic E-state index is -3.71. The number of hydrogen-bond donors (Lipinski definition) is 2. The Morgan fingerprint density at radius 2 is 1.71 bits per heavy atom. The quantitative estimate of drug-likeness (QED) is 0.588. The van der Waals surface area contributed by atoms with Gasteiger partial charge < -0.3 is 20.1 Å². The fraction of sp³-hybridized carbons (Fsp3) is 0.600. The molecular formula is C25H40N3O5S. The minimum Gasteiger partial charge on any atom is -0.497 e. The number of carbonyl (C=O) groups is 1. The first-order chi connectivity index (χ1) is 15.4. The van der Waals surface area contributed by atoms with Crippen LogP contribution in [0.5, 0.6) is 11.5 Å². The van der Waals surface area contributed by atoms with Crippen LogP contribution in [-0.4, -0.2) is 52.6 Å². The second-order valence-electron chi connectivity index (χ2n) is 8.59. The largest absolute Gasteiger partial charge is 0.497 e. The minimum absolute atomic E-state index is 0. The summed E-state index contributed by atoms with van der Waals surface area (Å²) in [7, 11) is -0.738. The number of piperidine rings is 1. The topological polar surface area (TPSA) is 97.0 Å². The first-order valence-corrected chi connectivity index (χ1v) is 13.0. The molecule has 9 heteroatoms. The molecule has 0 aromatic heterocycles. The summed E-state index contributed by atoms with van der Waals surface area (Å²) in [4.78, 5) is 12.5. The number of methoxy groups -OCH3 is 2. The summed E-state index contributed by atoms with van der Waals surface area (Å²) in [5, 5.41) is 5.98. The summed E-state index contributed by atoms with van der Waals surface area (Å²) < 4.78 is 38.5. The van der Waals surface area contributed by atoms with Crippen LogP contribution in [0, 0.1) is 26.8 Å². The molecule has 1 aromatic carbocycles. The lowest BCUT2D eigenvalue weighted by Gasteiger charge is -2.32. The van der Waals surface area contributed by atoms with Crippen molar-refractivity contribution >= 4 is 16.1 Å². The van der Waals surface area contributed by atoms with Gasteiger partial charge in [-0.3, -0.25) is 0 Å². The molecule has 3 rings (SSSR count). The number of urea groups is 1. The van der Waals surface area contributed by atoms with Gasteiger partial charge in [0.15, 0.2) is 0 Å². The Kier molecular flexibility index (Phi) is 12.7. The molecule has 0 bridgehead atoms. The van der Waals surface area contributed by atoms with Gasteiger partial charge in [-0.05, 0) is 43.7 Å². The molecule has 0 spiro atoms. The van der Waals surface area contributed by atoms with Crippen molar-refractivity contribution in [2.75, 3.05) is 33.9 Å². The van der Waals surface area contributed by atoms with Crippen molar-refractivity contribution in [2.45, 2.75) is 62.7 Å². The molecule has 2 aliphatic rings. The van der Waals surface area contributed by atoms with Crippen LogP contribution in [-0.2, 0) is 10.0 Å². The molecule has 2 N–H and O–H groups in total. The van der Waals surface area contributed by atoms with Crippen LogP contribution >= 0.6 is 0 Å². The van der Waals surface area contributed by atoms with Gasteiger partial charge in [0.05, 0.1) is 20.3 Å². The number of carbonyl (C=O) groups excluding carboxylic acids is 1. The zero-order valence-corrected chi connectivity index (χ0v) is 21.4. The van der Waals surface area contributed by atoms with E-state index in [2.05, 4.69) is 10.6 Å². The molecule has 34 heavy (non-hydrogen) atoms. The van der Waals surface area contributed by atoms with E-state index in [0.29, 0.717) is 25.4 Å². The van der Waals surface area contributed by atoms with Crippen LogP contribution < -0.4 is 20.1 Å². The van der Waals surface area contributed by atoms with E-state index >= 15 is 0 Å². The molecule has 2 fully saturated rings. The number of benzene rings is 1. The highest BCUT2D eigenvalue weighted by molar-refractivity contribution is 7.89. The van der Waals surface area contributed by atoms with Crippen LogP contribution in [0.4, 0.5) is 4.79 Å². The standard InChI is InChI=1S/C23H36N3O5S.2CH2/c1-30-20-12-13-22(21(15-20)31-2)32(28,29)26-14-8-9-18(17-26)16-24-23(27)25-19-10-6-4-3-5-7-11-19;;/h12-13,15,18H,3-11,14,16-17H2,1-2H3,(H2,24,25,27);2*1H2. The maximum Gasteiger partial charge on any atom is 0.315 e. The summed E-state index contributed by atoms with van der Waals surface area (Å²) in [5.74, 6) is 0.866. The van der Waals surface area contributed by atoms with Gasteiger partial charge in [-0.25, -0.2) is 13.2 Å². The second-order valence-corrected chi connectivity index (χ2v) is 10.5. The lowest BCUT2D eigenvalue weighted by molar-refractivity contribution is 0.228. The second kappa shape index (κ2) is 14.4. The Balaban J connectivity index is 0.00000289. The van der Waals surface area contributed by atoms with Crippen molar-refractivity contribution in [3.05, 3.63) is 39.1 Å². The average Bonchev–Trinajstić information content (AvgIpc) is 2.79. The fourth-order valence-electron chi connectivity index (χ4n) is 4.44. The van der Waals surface area contributed by atoms with Crippen molar-refractivity contribution in [2.24, 2.45) is 5.92 Å². The summed E-state index contributed by atoms with van der Waals surface area (Å²) in [5.41, 5.74) is 0. The van der Waals surface area contributed by atoms with Crippen molar-refractivity contribution in [3.63, 3.8) is 0 Å². The average molecular weight is 495 g/mol. The predicted molar refractivity (Wildman–Crippen MR) is 134 cm³/mol. The predicted octanol–water partition coefficient (Wildman–Crippen LogP) is 4.33. The Bertz CT molecular complexity index is 854. The molecule has 191 valence electrons. The molecule has 8 nitrogen and oxygen atoms in total. The molecule has 5 radical (unpaired) electrons. The van der Waals surface area contributed by atoms with Crippen LogP contribution in [0.2, 0.25) is 0 Å². The Labute approximate surface area is 206 Å². The van der Waals surface area contributed by atoms with Gasteiger partial charge in [-0.1, -0.05) is 47.0 Å². The molecular weight excluding hydrogens is 454 g/mol. The molecule has 1 heterocycles. The Morgan fingerprint density at radius 3 is 2.35 bits per heavy atom. The van der Waals surface area contributed by atoms with Gasteiger partial charge in [0.2, 0.25) is 10.0 Å². The smallest absolute Gasteiger partial charge is 0.315 e. The van der Waals surface area contributed by atoms with Crippen LogP contribution in [0.25, 0.3) is 0 Å². The first-order valence-electron chi connectivity index (χ1n) is 11.6. The summed E-state index contributed by atoms with van der Waals surface area (Å²) in [6.07, 6.45) is 9.50. The van der Waals surface area contributed by atoms with Gasteiger partial charge in [0.1, 0.15) is 16.4 Å². The third-order valence-electron chi connectivity index (χ3n) is 6.27. The summed E-state index contributed by atoms with van der Waals surface area (Å²) >= 11 is 0. The van der Waals surface area contributed by atoms with E-state index in [1.807, 2.05) is 0 Å². The van der Waals surface area contributed by atoms with Crippen LogP contribution in [0.15, 0.2) is 23.1 Å². The number of nitrogens with zero attached hydrogens (tertiary/aromatic N) is 1. The Morgan fingerprint density at radius 1 is 1.03 bits per heavy atom. The first kappa shape index (κ1) is 30.0. The van der Waals surface area contributed by atoms with E-state index < -0.39 is 10.0 Å². The normalized spacial score (nSPS) is 20.0. The number of ether oxygens (including phenoxy) is 2. The number of rotatable bonds is 7. The molecule has 1 aliphatic carbocycles. The third-order valence-corrected chi connectivity index (χ3v) is 8.17. The highest BCUT2D eigenvalue weighted by atomic mass is 32.2. The highest BCUT2D eigenvalue weighted by Crippen LogP contribution is 2.32. The van der Waals surface area contributed by atoms with E-state index in [1.165, 1.54) is 43.9 Å². The molecule has 1 aromatic rings. The molecule has 1 unspecified atom stereocenters. The summed E-state index contributed by atoms with van der Waals surface area (Å²) in [6, 6.07) is 5.65. The zero-order chi connectivity index (χ0) is 23.0. The Hall–Kier alpha value is -2.00. The summed E-state index contributed by atoms with van der Waals surface area (Å²) in [6.45, 7) is 1.28. The van der Waals surface area contributed by atoms with Gasteiger partial charge >= 0.3 is 6.03 Å². The molecule has 1 saturated carbocycles. The number of sulfonamides is 1. The van der Waals surface area contributed by atoms with Crippen molar-refractivity contribution in [3.8, 4) is 11.5 Å². The SMILES string of the molecule is COc1ccc(S(=O)(=O)N2CCCC(CNC(=O)N[C]3CCCCCCC3)C2)c(OC)c1.[CH2].[CH2]. The van der Waals surface area contributed by atoms with Gasteiger partial charge in [-0.2, -0.15) is 4.31 Å². The molecule has 2 amide bonds. The van der Waals surface area contributed by atoms with Gasteiger partial charge in [-0.15, -0.1) is 0 Å². The van der Waals surface area contributed by atoms with Crippen LogP contribution in [0.1, 0.15) is 57.8 Å². The van der Waals surface area contributed by atoms with Crippen molar-refractivity contribution in [1.29, 1.82) is 0 Å². The monoisotopic (exact) mass is 494 g/mol. The fourth-order valence-corrected chi connectivity index (χ4v) is 6.13. The lowest BCUT2D eigenvalue weighted by atomic mass is 9.97. The van der Waals surface area contributed by atoms with Gasteiger partial charge in [0, 0.05) is 25.7 Å². The van der Waals surface area contributed by atoms with Crippen molar-refractivity contribution in [1.82, 2.24) is 14.9 Å². The highest BCUT2D eigenvalue weighted by Gasteiger charge is 2.32. The van der Waals surface area contributed by atoms with E-state index in [1.54, 1.807) is 12.1 Å². The van der Waals surface area contributed by atoms with Crippen LogP contribution in [0.3, 0.4) is 0 Å². The van der Waals surface area contributed by atoms with Crippen molar-refractivity contribution < 1.29 is 22.7 Å². The number of amides is 2. The molecule has 1 aliphatic heterocycles.